The number of hydrogen-bond acceptors (Lipinski definition) is 4. The van der Waals surface area contributed by atoms with E-state index in [1.807, 2.05) is 152 Å². The molecule has 0 aromatic heterocycles. The lowest BCUT2D eigenvalue weighted by Gasteiger charge is -2.51. The molecule has 4 aromatic carbocycles. The maximum atomic E-state index is 15.5. The molecule has 0 spiro atoms. The van der Waals surface area contributed by atoms with Gasteiger partial charge in [0.2, 0.25) is 0 Å². The summed E-state index contributed by atoms with van der Waals surface area (Å²) in [5, 5.41) is 4.27. The fourth-order valence-electron chi connectivity index (χ4n) is 5.04. The summed E-state index contributed by atoms with van der Waals surface area (Å²) in [7, 11) is 0.230. The van der Waals surface area contributed by atoms with E-state index in [2.05, 4.69) is 0 Å². The molecule has 192 valence electrons. The van der Waals surface area contributed by atoms with Crippen molar-refractivity contribution in [3.05, 3.63) is 132 Å². The van der Waals surface area contributed by atoms with Crippen LogP contribution in [0.5, 0.6) is 0 Å². The summed E-state index contributed by atoms with van der Waals surface area (Å²) >= 11 is 6.56. The van der Waals surface area contributed by atoms with Crippen LogP contribution in [-0.2, 0) is 21.2 Å². The third kappa shape index (κ3) is 4.19. The van der Waals surface area contributed by atoms with E-state index in [9.17, 15) is 4.79 Å². The Balaban J connectivity index is 1.90. The summed E-state index contributed by atoms with van der Waals surface area (Å²) in [5.74, 6) is -0.324. The number of hydrogen-bond donors (Lipinski definition) is 0. The zero-order chi connectivity index (χ0) is 26.9. The highest BCUT2D eigenvalue weighted by atomic mass is 32.4. The van der Waals surface area contributed by atoms with Crippen LogP contribution in [0.15, 0.2) is 132 Å². The molecule has 0 aliphatic carbocycles. The zero-order valence-electron chi connectivity index (χ0n) is 21.5. The fraction of sp³-hybridized carbons (Fsp3) is 0.100. The van der Waals surface area contributed by atoms with E-state index < -0.39 is 13.5 Å². The number of amides is 1. The lowest BCUT2D eigenvalue weighted by molar-refractivity contribution is -0.113. The van der Waals surface area contributed by atoms with Gasteiger partial charge in [-0.1, -0.05) is 109 Å². The number of rotatable bonds is 6. The van der Waals surface area contributed by atoms with E-state index in [-0.39, 0.29) is 11.2 Å². The van der Waals surface area contributed by atoms with E-state index >= 15 is 4.57 Å². The van der Waals surface area contributed by atoms with Crippen molar-refractivity contribution in [1.29, 1.82) is 0 Å². The molecule has 1 atom stereocenters. The first-order valence-electron chi connectivity index (χ1n) is 12.3. The molecule has 8 heteroatoms. The highest BCUT2D eigenvalue weighted by molar-refractivity contribution is 8.18. The normalized spacial score (nSPS) is 18.3. The monoisotopic (exact) mass is 557 g/mol. The number of hydrazine groups is 1. The van der Waals surface area contributed by atoms with Crippen LogP contribution in [0.2, 0.25) is 0 Å². The standard InChI is InChI=1S/C30H29N3O2P2S/c1-24-29(36(35,26-18-10-5-11-19-26)27-20-12-6-13-21-27)30(34)32(25-16-8-4-9-17-25)37(38,33(24)31(2)3)28-22-14-7-15-23-28/h4-23H,1-3H3. The topological polar surface area (TPSA) is 43.9 Å². The molecular formula is C30H29N3O2P2S. The molecule has 1 heterocycles. The number of para-hydroxylation sites is 1. The predicted molar refractivity (Wildman–Crippen MR) is 162 cm³/mol. The minimum absolute atomic E-state index is 0.267. The minimum Gasteiger partial charge on any atom is -0.308 e. The van der Waals surface area contributed by atoms with Crippen LogP contribution < -0.4 is 20.6 Å². The Morgan fingerprint density at radius 3 is 1.58 bits per heavy atom. The van der Waals surface area contributed by atoms with Gasteiger partial charge in [0.15, 0.2) is 13.5 Å². The Morgan fingerprint density at radius 1 is 0.711 bits per heavy atom. The number of carbonyl (C=O) groups is 1. The maximum Gasteiger partial charge on any atom is 0.269 e. The first kappa shape index (κ1) is 26.3. The van der Waals surface area contributed by atoms with E-state index in [0.717, 1.165) is 5.30 Å². The van der Waals surface area contributed by atoms with Crippen LogP contribution in [-0.4, -0.2) is 29.8 Å². The van der Waals surface area contributed by atoms with Crippen molar-refractivity contribution in [3.63, 3.8) is 0 Å². The van der Waals surface area contributed by atoms with Crippen molar-refractivity contribution < 1.29 is 9.36 Å². The van der Waals surface area contributed by atoms with Crippen molar-refractivity contribution >= 4 is 52.8 Å². The van der Waals surface area contributed by atoms with E-state index in [4.69, 9.17) is 11.8 Å². The van der Waals surface area contributed by atoms with Crippen LogP contribution in [0.25, 0.3) is 0 Å². The lowest BCUT2D eigenvalue weighted by atomic mass is 10.3. The second kappa shape index (κ2) is 10.5. The molecule has 0 saturated carbocycles. The van der Waals surface area contributed by atoms with Crippen LogP contribution in [0.4, 0.5) is 5.69 Å². The van der Waals surface area contributed by atoms with Crippen molar-refractivity contribution in [3.8, 4) is 0 Å². The first-order valence-corrected chi connectivity index (χ1v) is 16.7. The quantitative estimate of drug-likeness (QED) is 0.285. The number of nitrogens with zero attached hydrogens (tertiary/aromatic N) is 3. The molecule has 1 aliphatic heterocycles. The molecule has 0 bridgehead atoms. The average Bonchev–Trinajstić information content (AvgIpc) is 2.94. The molecule has 0 N–H and O–H groups in total. The van der Waals surface area contributed by atoms with Crippen LogP contribution in [0.1, 0.15) is 6.92 Å². The highest BCUT2D eigenvalue weighted by Gasteiger charge is 2.51. The number of benzene rings is 4. The number of carbonyl (C=O) groups excluding carboxylic acids is 1. The SMILES string of the molecule is CC1=C(P(=O)(c2ccccc2)c2ccccc2)C(=O)N(c2ccccc2)P(=S)(c2ccccc2)N1N(C)C. The van der Waals surface area contributed by atoms with Crippen molar-refractivity contribution in [1.82, 2.24) is 9.79 Å². The molecule has 1 unspecified atom stereocenters. The van der Waals surface area contributed by atoms with E-state index in [1.54, 1.807) is 4.67 Å². The van der Waals surface area contributed by atoms with Gasteiger partial charge in [0.25, 0.3) is 5.91 Å². The molecule has 5 rings (SSSR count). The Hall–Kier alpha value is -3.27. The van der Waals surface area contributed by atoms with Gasteiger partial charge in [0, 0.05) is 30.0 Å². The molecule has 38 heavy (non-hydrogen) atoms. The first-order chi connectivity index (χ1) is 18.3. The Bertz CT molecular complexity index is 1530. The van der Waals surface area contributed by atoms with Gasteiger partial charge in [-0.05, 0) is 30.9 Å². The Kier molecular flexibility index (Phi) is 7.26. The molecule has 5 nitrogen and oxygen atoms in total. The molecule has 0 radical (unpaired) electrons. The molecule has 4 aromatic rings. The van der Waals surface area contributed by atoms with Gasteiger partial charge in [-0.2, -0.15) is 0 Å². The largest absolute Gasteiger partial charge is 0.308 e. The van der Waals surface area contributed by atoms with Gasteiger partial charge in [-0.25, -0.2) is 5.01 Å². The minimum atomic E-state index is -3.60. The smallest absolute Gasteiger partial charge is 0.269 e. The summed E-state index contributed by atoms with van der Waals surface area (Å²) in [5.41, 5.74) is 1.28. The summed E-state index contributed by atoms with van der Waals surface area (Å²) < 4.78 is 19.2. The second-order valence-electron chi connectivity index (χ2n) is 9.18. The average molecular weight is 558 g/mol. The van der Waals surface area contributed by atoms with Gasteiger partial charge < -0.3 is 4.57 Å². The number of anilines is 1. The summed E-state index contributed by atoms with van der Waals surface area (Å²) in [4.78, 5) is 14.9. The van der Waals surface area contributed by atoms with Gasteiger partial charge in [-0.3, -0.25) is 14.2 Å². The number of allylic oxidation sites excluding steroid dienone is 1. The summed E-state index contributed by atoms with van der Waals surface area (Å²) in [6.07, 6.45) is -2.97. The molecule has 0 fully saturated rings. The lowest BCUT2D eigenvalue weighted by Crippen LogP contribution is -2.50. The highest BCUT2D eigenvalue weighted by Crippen LogP contribution is 2.65. The Labute approximate surface area is 229 Å². The fourth-order valence-corrected chi connectivity index (χ4v) is 12.8. The van der Waals surface area contributed by atoms with Crippen LogP contribution in [0.3, 0.4) is 0 Å². The van der Waals surface area contributed by atoms with Gasteiger partial charge in [0.1, 0.15) is 5.31 Å². The van der Waals surface area contributed by atoms with Crippen molar-refractivity contribution in [2.45, 2.75) is 6.92 Å². The van der Waals surface area contributed by atoms with Gasteiger partial charge in [0.05, 0.1) is 11.4 Å². The van der Waals surface area contributed by atoms with E-state index in [0.29, 0.717) is 22.0 Å². The van der Waals surface area contributed by atoms with Gasteiger partial charge in [-0.15, -0.1) is 0 Å². The summed E-state index contributed by atoms with van der Waals surface area (Å²) in [6.45, 7) is 1.87. The zero-order valence-corrected chi connectivity index (χ0v) is 24.1. The molecular weight excluding hydrogens is 528 g/mol. The predicted octanol–water partition coefficient (Wildman–Crippen LogP) is 5.69. The molecule has 1 aliphatic rings. The van der Waals surface area contributed by atoms with Crippen molar-refractivity contribution in [2.75, 3.05) is 18.8 Å². The maximum absolute atomic E-state index is 15.5. The second-order valence-corrected chi connectivity index (χ2v) is 15.8. The third-order valence-corrected chi connectivity index (χ3v) is 14.5. The van der Waals surface area contributed by atoms with E-state index in [1.165, 1.54) is 0 Å². The molecule has 1 amide bonds. The third-order valence-electron chi connectivity index (χ3n) is 6.59. The van der Waals surface area contributed by atoms with Crippen LogP contribution in [0, 0.1) is 0 Å². The van der Waals surface area contributed by atoms with Gasteiger partial charge >= 0.3 is 0 Å². The Morgan fingerprint density at radius 2 is 1.13 bits per heavy atom. The molecule has 0 saturated heterocycles. The van der Waals surface area contributed by atoms with Crippen LogP contribution >= 0.6 is 13.5 Å². The summed E-state index contributed by atoms with van der Waals surface area (Å²) in [6, 6.07) is 37.9. The van der Waals surface area contributed by atoms with Crippen molar-refractivity contribution in [2.24, 2.45) is 0 Å².